The predicted molar refractivity (Wildman–Crippen MR) is 82.3 cm³/mol. The van der Waals surface area contributed by atoms with E-state index in [0.29, 0.717) is 0 Å². The highest BCUT2D eigenvalue weighted by atomic mass is 15.4. The van der Waals surface area contributed by atoms with E-state index >= 15 is 0 Å². The minimum Gasteiger partial charge on any atom is -0.352 e. The number of anilines is 3. The molecule has 1 atom stereocenters. The summed E-state index contributed by atoms with van der Waals surface area (Å²) in [6.45, 7) is 4.24. The van der Waals surface area contributed by atoms with Crippen molar-refractivity contribution in [3.05, 3.63) is 53.6 Å². The van der Waals surface area contributed by atoms with E-state index in [1.54, 1.807) is 0 Å². The van der Waals surface area contributed by atoms with Crippen molar-refractivity contribution in [2.75, 3.05) is 16.8 Å². The van der Waals surface area contributed by atoms with E-state index < -0.39 is 0 Å². The van der Waals surface area contributed by atoms with Crippen LogP contribution in [0.4, 0.5) is 17.1 Å². The zero-order valence-corrected chi connectivity index (χ0v) is 12.0. The van der Waals surface area contributed by atoms with Crippen molar-refractivity contribution in [3.8, 4) is 6.07 Å². The zero-order chi connectivity index (χ0) is 14.3. The lowest BCUT2D eigenvalue weighted by atomic mass is 10.1. The highest BCUT2D eigenvalue weighted by Gasteiger charge is 2.33. The van der Waals surface area contributed by atoms with E-state index in [1.807, 2.05) is 12.1 Å². The summed E-state index contributed by atoms with van der Waals surface area (Å²) in [6, 6.07) is 16.6. The molecular formula is C17H17N3. The number of hydrogen-bond donors (Lipinski definition) is 0. The third-order valence-electron chi connectivity index (χ3n) is 3.97. The summed E-state index contributed by atoms with van der Waals surface area (Å²) < 4.78 is 0. The van der Waals surface area contributed by atoms with Crippen molar-refractivity contribution in [2.24, 2.45) is 0 Å². The number of benzene rings is 2. The summed E-state index contributed by atoms with van der Waals surface area (Å²) in [5, 5.41) is 9.40. The van der Waals surface area contributed by atoms with Crippen LogP contribution in [0, 0.1) is 18.3 Å². The fraction of sp³-hybridized carbons (Fsp3) is 0.235. The van der Waals surface area contributed by atoms with Crippen LogP contribution in [0.5, 0.6) is 0 Å². The SMILES string of the molecule is Cc1cccc(N2c3c(C#N)cccc3N(C)[C@@H]2C)c1. The van der Waals surface area contributed by atoms with Gasteiger partial charge in [-0.05, 0) is 43.7 Å². The molecular weight excluding hydrogens is 246 g/mol. The van der Waals surface area contributed by atoms with Gasteiger partial charge >= 0.3 is 0 Å². The number of hydrogen-bond acceptors (Lipinski definition) is 3. The van der Waals surface area contributed by atoms with E-state index in [0.717, 1.165) is 22.6 Å². The smallest absolute Gasteiger partial charge is 0.103 e. The van der Waals surface area contributed by atoms with Crippen LogP contribution < -0.4 is 9.80 Å². The second kappa shape index (κ2) is 4.57. The molecule has 0 spiro atoms. The maximum absolute atomic E-state index is 9.40. The third kappa shape index (κ3) is 1.73. The molecule has 2 aromatic rings. The Kier molecular flexibility index (Phi) is 2.87. The molecule has 0 saturated heterocycles. The summed E-state index contributed by atoms with van der Waals surface area (Å²) >= 11 is 0. The Bertz CT molecular complexity index is 700. The van der Waals surface area contributed by atoms with E-state index in [1.165, 1.54) is 5.56 Å². The number of para-hydroxylation sites is 1. The zero-order valence-electron chi connectivity index (χ0n) is 12.0. The third-order valence-corrected chi connectivity index (χ3v) is 3.97. The van der Waals surface area contributed by atoms with Crippen LogP contribution in [-0.2, 0) is 0 Å². The van der Waals surface area contributed by atoms with Crippen LogP contribution in [0.25, 0.3) is 0 Å². The van der Waals surface area contributed by atoms with Crippen molar-refractivity contribution < 1.29 is 0 Å². The first-order valence-corrected chi connectivity index (χ1v) is 6.75. The van der Waals surface area contributed by atoms with Crippen molar-refractivity contribution in [2.45, 2.75) is 20.0 Å². The van der Waals surface area contributed by atoms with E-state index in [2.05, 4.69) is 67.1 Å². The number of fused-ring (bicyclic) bond motifs is 1. The summed E-state index contributed by atoms with van der Waals surface area (Å²) in [5.41, 5.74) is 5.19. The molecule has 100 valence electrons. The molecule has 0 amide bonds. The lowest BCUT2D eigenvalue weighted by Crippen LogP contribution is -2.35. The molecule has 0 radical (unpaired) electrons. The quantitative estimate of drug-likeness (QED) is 0.784. The Morgan fingerprint density at radius 3 is 2.60 bits per heavy atom. The maximum Gasteiger partial charge on any atom is 0.103 e. The average Bonchev–Trinajstić information content (AvgIpc) is 2.71. The van der Waals surface area contributed by atoms with Crippen LogP contribution in [0.2, 0.25) is 0 Å². The highest BCUT2D eigenvalue weighted by Crippen LogP contribution is 2.45. The number of nitrogens with zero attached hydrogens (tertiary/aromatic N) is 3. The molecule has 0 aromatic heterocycles. The number of nitriles is 1. The van der Waals surface area contributed by atoms with Crippen molar-refractivity contribution in [1.29, 1.82) is 5.26 Å². The largest absolute Gasteiger partial charge is 0.352 e. The van der Waals surface area contributed by atoms with Crippen molar-refractivity contribution in [1.82, 2.24) is 0 Å². The van der Waals surface area contributed by atoms with Gasteiger partial charge in [0.05, 0.1) is 16.9 Å². The van der Waals surface area contributed by atoms with Gasteiger partial charge in [-0.3, -0.25) is 0 Å². The topological polar surface area (TPSA) is 30.3 Å². The predicted octanol–water partition coefficient (Wildman–Crippen LogP) is 3.80. The minimum atomic E-state index is 0.196. The first-order valence-electron chi connectivity index (χ1n) is 6.75. The Labute approximate surface area is 119 Å². The minimum absolute atomic E-state index is 0.196. The molecule has 0 N–H and O–H groups in total. The van der Waals surface area contributed by atoms with E-state index in [9.17, 15) is 5.26 Å². The first-order chi connectivity index (χ1) is 9.63. The lowest BCUT2D eigenvalue weighted by molar-refractivity contribution is 0.733. The Morgan fingerprint density at radius 2 is 1.90 bits per heavy atom. The van der Waals surface area contributed by atoms with Gasteiger partial charge in [0.2, 0.25) is 0 Å². The molecule has 3 nitrogen and oxygen atoms in total. The molecule has 1 aliphatic rings. The molecule has 3 heteroatoms. The fourth-order valence-electron chi connectivity index (χ4n) is 2.84. The van der Waals surface area contributed by atoms with Crippen molar-refractivity contribution in [3.63, 3.8) is 0 Å². The average molecular weight is 263 g/mol. The molecule has 0 unspecified atom stereocenters. The monoisotopic (exact) mass is 263 g/mol. The molecule has 0 bridgehead atoms. The first kappa shape index (κ1) is 12.6. The van der Waals surface area contributed by atoms with Crippen LogP contribution in [0.1, 0.15) is 18.1 Å². The Hall–Kier alpha value is -2.47. The van der Waals surface area contributed by atoms with Gasteiger partial charge in [0.1, 0.15) is 12.2 Å². The second-order valence-corrected chi connectivity index (χ2v) is 5.24. The maximum atomic E-state index is 9.40. The van der Waals surface area contributed by atoms with Crippen LogP contribution in [-0.4, -0.2) is 13.2 Å². The molecule has 20 heavy (non-hydrogen) atoms. The van der Waals surface area contributed by atoms with Gasteiger partial charge in [-0.15, -0.1) is 0 Å². The highest BCUT2D eigenvalue weighted by molar-refractivity contribution is 5.87. The molecule has 1 heterocycles. The van der Waals surface area contributed by atoms with Crippen LogP contribution in [0.15, 0.2) is 42.5 Å². The van der Waals surface area contributed by atoms with Gasteiger partial charge in [-0.2, -0.15) is 5.26 Å². The molecule has 0 fully saturated rings. The van der Waals surface area contributed by atoms with Gasteiger partial charge in [0, 0.05) is 12.7 Å². The number of rotatable bonds is 1. The van der Waals surface area contributed by atoms with Gasteiger partial charge in [-0.25, -0.2) is 0 Å². The lowest BCUT2D eigenvalue weighted by Gasteiger charge is -2.28. The summed E-state index contributed by atoms with van der Waals surface area (Å²) in [6.07, 6.45) is 0.196. The van der Waals surface area contributed by atoms with Gasteiger partial charge < -0.3 is 9.80 Å². The van der Waals surface area contributed by atoms with Crippen LogP contribution >= 0.6 is 0 Å². The second-order valence-electron chi connectivity index (χ2n) is 5.24. The molecule has 1 aliphatic heterocycles. The molecule has 0 saturated carbocycles. The standard InChI is InChI=1S/C17H17N3/c1-12-6-4-8-15(10-12)20-13(2)19(3)16-9-5-7-14(11-18)17(16)20/h4-10,13H,1-3H3/t13-/m0/s1. The van der Waals surface area contributed by atoms with Crippen LogP contribution in [0.3, 0.4) is 0 Å². The molecule has 0 aliphatic carbocycles. The summed E-state index contributed by atoms with van der Waals surface area (Å²) in [5.74, 6) is 0. The summed E-state index contributed by atoms with van der Waals surface area (Å²) in [7, 11) is 2.07. The van der Waals surface area contributed by atoms with Crippen molar-refractivity contribution >= 4 is 17.1 Å². The Morgan fingerprint density at radius 1 is 1.15 bits per heavy atom. The van der Waals surface area contributed by atoms with E-state index in [-0.39, 0.29) is 6.17 Å². The van der Waals surface area contributed by atoms with Gasteiger partial charge in [0.15, 0.2) is 0 Å². The fourth-order valence-corrected chi connectivity index (χ4v) is 2.84. The number of aryl methyl sites for hydroxylation is 1. The van der Waals surface area contributed by atoms with E-state index in [4.69, 9.17) is 0 Å². The molecule has 2 aromatic carbocycles. The molecule has 3 rings (SSSR count). The normalized spacial score (nSPS) is 17.0. The summed E-state index contributed by atoms with van der Waals surface area (Å²) in [4.78, 5) is 4.44. The van der Waals surface area contributed by atoms with Gasteiger partial charge in [-0.1, -0.05) is 18.2 Å². The Balaban J connectivity index is 2.22. The van der Waals surface area contributed by atoms with Gasteiger partial charge in [0.25, 0.3) is 0 Å².